The van der Waals surface area contributed by atoms with Gasteiger partial charge in [0, 0.05) is 0 Å². The van der Waals surface area contributed by atoms with E-state index in [0.717, 1.165) is 0 Å². The van der Waals surface area contributed by atoms with Crippen molar-refractivity contribution < 1.29 is 24.9 Å². The van der Waals surface area contributed by atoms with Crippen LogP contribution in [0.2, 0.25) is 0 Å². The molecule has 90 valence electrons. The fourth-order valence-corrected chi connectivity index (χ4v) is 0.560. The quantitative estimate of drug-likeness (QED) is 0.398. The van der Waals surface area contributed by atoms with Crippen molar-refractivity contribution in [2.24, 2.45) is 0 Å². The molecule has 0 heterocycles. The highest BCUT2D eigenvalue weighted by molar-refractivity contribution is 6.30. The molecule has 0 spiro atoms. The zero-order valence-corrected chi connectivity index (χ0v) is 9.98. The van der Waals surface area contributed by atoms with Crippen LogP contribution in [-0.2, 0) is 4.74 Å². The molecule has 4 N–H and O–H groups in total. The van der Waals surface area contributed by atoms with E-state index >= 15 is 0 Å². The summed E-state index contributed by atoms with van der Waals surface area (Å²) in [6.07, 6.45) is 0. The molecule has 0 rings (SSSR count). The lowest BCUT2D eigenvalue weighted by Gasteiger charge is -2.37. The first-order valence-corrected chi connectivity index (χ1v) is 4.51. The largest absolute Gasteiger partial charge is 0.631 e. The van der Waals surface area contributed by atoms with E-state index in [9.17, 15) is 5.11 Å². The van der Waals surface area contributed by atoms with Crippen molar-refractivity contribution in [2.75, 3.05) is 0 Å². The number of hydrogen-bond donors (Lipinski definition) is 4. The summed E-state index contributed by atoms with van der Waals surface area (Å²) in [5, 5.41) is 31.1. The Morgan fingerprint density at radius 2 is 1.40 bits per heavy atom. The monoisotopic (exact) mass is 220 g/mol. The van der Waals surface area contributed by atoms with E-state index in [-0.39, 0.29) is 0 Å². The van der Waals surface area contributed by atoms with Gasteiger partial charge in [-0.1, -0.05) is 6.58 Å². The second-order valence-corrected chi connectivity index (χ2v) is 4.22. The van der Waals surface area contributed by atoms with Gasteiger partial charge >= 0.3 is 7.32 Å². The molecule has 0 aromatic carbocycles. The lowest BCUT2D eigenvalue weighted by Crippen LogP contribution is -2.46. The molecular formula is C9H21BO5. The number of aliphatic hydroxyl groups is 1. The van der Waals surface area contributed by atoms with Crippen LogP contribution in [-0.4, -0.2) is 38.7 Å². The Morgan fingerprint density at radius 3 is 1.47 bits per heavy atom. The maximum absolute atomic E-state index is 9.63. The fraction of sp³-hybridized carbons (Fsp3) is 0.778. The molecule has 0 aromatic rings. The fourth-order valence-electron chi connectivity index (χ4n) is 0.560. The summed E-state index contributed by atoms with van der Waals surface area (Å²) in [6.45, 7) is 12.5. The molecule has 0 radical (unpaired) electrons. The standard InChI is InChI=1S/C9H18O2.BH3O3/c1-7(2)11-9(5,6)8(3,4)10;2-1(3)4/h10H,1H2,2-6H3;2-4H. The predicted molar refractivity (Wildman–Crippen MR) is 58.7 cm³/mol. The zero-order chi connectivity index (χ0) is 12.9. The molecule has 0 saturated carbocycles. The lowest BCUT2D eigenvalue weighted by molar-refractivity contribution is -0.122. The van der Waals surface area contributed by atoms with Gasteiger partial charge in [0.05, 0.1) is 11.4 Å². The van der Waals surface area contributed by atoms with Gasteiger partial charge in [-0.3, -0.25) is 0 Å². The van der Waals surface area contributed by atoms with Gasteiger partial charge in [0.2, 0.25) is 0 Å². The summed E-state index contributed by atoms with van der Waals surface area (Å²) in [6, 6.07) is 0. The second kappa shape index (κ2) is 6.12. The van der Waals surface area contributed by atoms with Crippen molar-refractivity contribution in [3.8, 4) is 0 Å². The molecule has 0 saturated heterocycles. The predicted octanol–water partition coefficient (Wildman–Crippen LogP) is 0.0343. The van der Waals surface area contributed by atoms with Gasteiger partial charge in [-0.05, 0) is 34.6 Å². The Labute approximate surface area is 91.2 Å². The topological polar surface area (TPSA) is 90.2 Å². The Kier molecular flexibility index (Phi) is 6.88. The van der Waals surface area contributed by atoms with Crippen LogP contribution in [0.15, 0.2) is 12.3 Å². The SMILES string of the molecule is C=C(C)OC(C)(C)C(C)(C)O.OB(O)O. The lowest BCUT2D eigenvalue weighted by atomic mass is 9.89. The molecule has 0 aliphatic heterocycles. The van der Waals surface area contributed by atoms with Gasteiger partial charge in [0.15, 0.2) is 0 Å². The number of ether oxygens (including phenoxy) is 1. The molecule has 0 bridgehead atoms. The number of rotatable bonds is 3. The molecule has 6 heteroatoms. The van der Waals surface area contributed by atoms with Crippen LogP contribution in [0.25, 0.3) is 0 Å². The van der Waals surface area contributed by atoms with E-state index in [1.54, 1.807) is 20.8 Å². The third-order valence-electron chi connectivity index (χ3n) is 1.90. The van der Waals surface area contributed by atoms with Crippen LogP contribution >= 0.6 is 0 Å². The minimum absolute atomic E-state index is 0.584. The van der Waals surface area contributed by atoms with Crippen LogP contribution in [0, 0.1) is 0 Å². The first kappa shape index (κ1) is 16.9. The smallest absolute Gasteiger partial charge is 0.490 e. The van der Waals surface area contributed by atoms with Gasteiger partial charge in [0.1, 0.15) is 5.60 Å². The normalized spacial score (nSPS) is 11.3. The molecule has 0 aliphatic carbocycles. The third kappa shape index (κ3) is 9.74. The molecule has 0 aliphatic rings. The highest BCUT2D eigenvalue weighted by Gasteiger charge is 2.36. The van der Waals surface area contributed by atoms with Crippen molar-refractivity contribution in [1.29, 1.82) is 0 Å². The van der Waals surface area contributed by atoms with E-state index in [4.69, 9.17) is 19.8 Å². The average Bonchev–Trinajstić information content (AvgIpc) is 1.78. The molecule has 15 heavy (non-hydrogen) atoms. The first-order chi connectivity index (χ1) is 6.40. The van der Waals surface area contributed by atoms with E-state index in [2.05, 4.69) is 6.58 Å². The molecular weight excluding hydrogens is 199 g/mol. The number of hydrogen-bond acceptors (Lipinski definition) is 5. The molecule has 0 fully saturated rings. The van der Waals surface area contributed by atoms with Crippen molar-refractivity contribution in [2.45, 2.75) is 45.8 Å². The molecule has 0 atom stereocenters. The van der Waals surface area contributed by atoms with E-state index < -0.39 is 18.5 Å². The minimum Gasteiger partial charge on any atom is -0.490 e. The van der Waals surface area contributed by atoms with Crippen LogP contribution < -0.4 is 0 Å². The van der Waals surface area contributed by atoms with Crippen LogP contribution in [0.3, 0.4) is 0 Å². The van der Waals surface area contributed by atoms with Crippen molar-refractivity contribution >= 4 is 7.32 Å². The van der Waals surface area contributed by atoms with Crippen molar-refractivity contribution in [1.82, 2.24) is 0 Å². The van der Waals surface area contributed by atoms with Gasteiger partial charge < -0.3 is 24.9 Å². The molecule has 5 nitrogen and oxygen atoms in total. The van der Waals surface area contributed by atoms with Gasteiger partial charge in [-0.25, -0.2) is 0 Å². The average molecular weight is 220 g/mol. The molecule has 0 aromatic heterocycles. The zero-order valence-electron chi connectivity index (χ0n) is 9.98. The summed E-state index contributed by atoms with van der Waals surface area (Å²) in [7, 11) is -2.17. The van der Waals surface area contributed by atoms with Crippen LogP contribution in [0.5, 0.6) is 0 Å². The van der Waals surface area contributed by atoms with Crippen molar-refractivity contribution in [3.05, 3.63) is 12.3 Å². The highest BCUT2D eigenvalue weighted by atomic mass is 16.5. The minimum atomic E-state index is -2.17. The summed E-state index contributed by atoms with van der Waals surface area (Å²) in [4.78, 5) is 0. The maximum Gasteiger partial charge on any atom is 0.631 e. The summed E-state index contributed by atoms with van der Waals surface area (Å²) in [5.74, 6) is 0.622. The summed E-state index contributed by atoms with van der Waals surface area (Å²) >= 11 is 0. The van der Waals surface area contributed by atoms with Crippen LogP contribution in [0.4, 0.5) is 0 Å². The Balaban J connectivity index is 0. The number of allylic oxidation sites excluding steroid dienone is 1. The summed E-state index contributed by atoms with van der Waals surface area (Å²) < 4.78 is 5.36. The van der Waals surface area contributed by atoms with Gasteiger partial charge in [-0.2, -0.15) is 0 Å². The Bertz CT molecular complexity index is 192. The van der Waals surface area contributed by atoms with Gasteiger partial charge in [-0.15, -0.1) is 0 Å². The van der Waals surface area contributed by atoms with E-state index in [0.29, 0.717) is 5.76 Å². The highest BCUT2D eigenvalue weighted by Crippen LogP contribution is 2.26. The molecule has 0 unspecified atom stereocenters. The van der Waals surface area contributed by atoms with Crippen molar-refractivity contribution in [3.63, 3.8) is 0 Å². The Hall–Kier alpha value is -0.555. The Morgan fingerprint density at radius 1 is 1.13 bits per heavy atom. The maximum atomic E-state index is 9.63. The van der Waals surface area contributed by atoms with E-state index in [1.807, 2.05) is 13.8 Å². The first-order valence-electron chi connectivity index (χ1n) is 4.51. The van der Waals surface area contributed by atoms with Gasteiger partial charge in [0.25, 0.3) is 0 Å². The second-order valence-electron chi connectivity index (χ2n) is 4.22. The molecule has 0 amide bonds. The summed E-state index contributed by atoms with van der Waals surface area (Å²) in [5.41, 5.74) is -1.44. The van der Waals surface area contributed by atoms with Crippen LogP contribution in [0.1, 0.15) is 34.6 Å². The van der Waals surface area contributed by atoms with E-state index in [1.165, 1.54) is 0 Å². The third-order valence-corrected chi connectivity index (χ3v) is 1.90.